The second-order valence-corrected chi connectivity index (χ2v) is 3.43. The molecule has 0 aromatic rings. The van der Waals surface area contributed by atoms with Crippen molar-refractivity contribution in [2.75, 3.05) is 19.6 Å². The highest BCUT2D eigenvalue weighted by Gasteiger charge is 2.09. The minimum atomic E-state index is 0.683. The Morgan fingerprint density at radius 1 is 1.33 bits per heavy atom. The van der Waals surface area contributed by atoms with E-state index >= 15 is 0 Å². The van der Waals surface area contributed by atoms with Crippen LogP contribution in [-0.4, -0.2) is 26.0 Å². The standard InChI is InChI=1S/C9H18N2O/c12-8-11-7-9-3-1-2-5-10-6-4-9/h8-10H,1-7H2,(H,11,12). The molecule has 3 nitrogen and oxygen atoms in total. The van der Waals surface area contributed by atoms with Crippen LogP contribution in [0.25, 0.3) is 0 Å². The van der Waals surface area contributed by atoms with Gasteiger partial charge in [-0.2, -0.15) is 0 Å². The van der Waals surface area contributed by atoms with Gasteiger partial charge in [-0.15, -0.1) is 0 Å². The highest BCUT2D eigenvalue weighted by Crippen LogP contribution is 2.12. The molecule has 0 bridgehead atoms. The topological polar surface area (TPSA) is 41.1 Å². The van der Waals surface area contributed by atoms with Crippen molar-refractivity contribution in [3.8, 4) is 0 Å². The Balaban J connectivity index is 2.15. The first kappa shape index (κ1) is 9.52. The summed E-state index contributed by atoms with van der Waals surface area (Å²) in [6.07, 6.45) is 5.82. The Hall–Kier alpha value is -0.570. The molecule has 0 spiro atoms. The van der Waals surface area contributed by atoms with E-state index in [-0.39, 0.29) is 0 Å². The summed E-state index contributed by atoms with van der Waals surface area (Å²) in [6.45, 7) is 3.12. The van der Waals surface area contributed by atoms with E-state index in [4.69, 9.17) is 0 Å². The zero-order valence-corrected chi connectivity index (χ0v) is 7.51. The minimum Gasteiger partial charge on any atom is -0.358 e. The van der Waals surface area contributed by atoms with E-state index in [0.29, 0.717) is 5.92 Å². The van der Waals surface area contributed by atoms with E-state index in [9.17, 15) is 4.79 Å². The van der Waals surface area contributed by atoms with Crippen molar-refractivity contribution >= 4 is 6.41 Å². The smallest absolute Gasteiger partial charge is 0.207 e. The number of nitrogens with one attached hydrogen (secondary N) is 2. The third-order valence-corrected chi connectivity index (χ3v) is 2.44. The van der Waals surface area contributed by atoms with E-state index < -0.39 is 0 Å². The fourth-order valence-electron chi connectivity index (χ4n) is 1.68. The summed E-state index contributed by atoms with van der Waals surface area (Å²) < 4.78 is 0. The van der Waals surface area contributed by atoms with Gasteiger partial charge in [-0.3, -0.25) is 4.79 Å². The predicted molar refractivity (Wildman–Crippen MR) is 48.9 cm³/mol. The Bertz CT molecular complexity index is 120. The molecule has 2 N–H and O–H groups in total. The van der Waals surface area contributed by atoms with Gasteiger partial charge in [-0.05, 0) is 38.3 Å². The van der Waals surface area contributed by atoms with E-state index in [2.05, 4.69) is 10.6 Å². The van der Waals surface area contributed by atoms with Gasteiger partial charge in [-0.25, -0.2) is 0 Å². The Labute approximate surface area is 73.9 Å². The van der Waals surface area contributed by atoms with Crippen LogP contribution in [0.1, 0.15) is 25.7 Å². The molecule has 70 valence electrons. The quantitative estimate of drug-likeness (QED) is 0.606. The Morgan fingerprint density at radius 2 is 2.25 bits per heavy atom. The fourth-order valence-corrected chi connectivity index (χ4v) is 1.68. The van der Waals surface area contributed by atoms with Crippen molar-refractivity contribution in [2.24, 2.45) is 5.92 Å². The highest BCUT2D eigenvalue weighted by atomic mass is 16.1. The third-order valence-electron chi connectivity index (χ3n) is 2.44. The monoisotopic (exact) mass is 170 g/mol. The predicted octanol–water partition coefficient (Wildman–Crippen LogP) is 0.512. The van der Waals surface area contributed by atoms with Gasteiger partial charge in [-0.1, -0.05) is 6.42 Å². The molecule has 0 aromatic heterocycles. The lowest BCUT2D eigenvalue weighted by Gasteiger charge is -2.19. The fraction of sp³-hybridized carbons (Fsp3) is 0.889. The average Bonchev–Trinajstić information content (AvgIpc) is 2.02. The molecule has 1 fully saturated rings. The zero-order chi connectivity index (χ0) is 8.65. The molecule has 12 heavy (non-hydrogen) atoms. The number of carbonyl (C=O) groups is 1. The van der Waals surface area contributed by atoms with Crippen molar-refractivity contribution in [2.45, 2.75) is 25.7 Å². The first-order valence-corrected chi connectivity index (χ1v) is 4.81. The van der Waals surface area contributed by atoms with Crippen LogP contribution in [0.3, 0.4) is 0 Å². The van der Waals surface area contributed by atoms with E-state index in [1.165, 1.54) is 25.7 Å². The summed E-state index contributed by atoms with van der Waals surface area (Å²) in [5.41, 5.74) is 0. The number of carbonyl (C=O) groups excluding carboxylic acids is 1. The molecule has 1 atom stereocenters. The van der Waals surface area contributed by atoms with Crippen LogP contribution in [0.15, 0.2) is 0 Å². The average molecular weight is 170 g/mol. The van der Waals surface area contributed by atoms with Gasteiger partial charge < -0.3 is 10.6 Å². The second-order valence-electron chi connectivity index (χ2n) is 3.43. The molecule has 1 saturated heterocycles. The summed E-state index contributed by atoms with van der Waals surface area (Å²) in [5, 5.41) is 6.14. The number of rotatable bonds is 3. The van der Waals surface area contributed by atoms with Gasteiger partial charge >= 0.3 is 0 Å². The lowest BCUT2D eigenvalue weighted by molar-refractivity contribution is -0.109. The van der Waals surface area contributed by atoms with Gasteiger partial charge in [0.15, 0.2) is 0 Å². The molecule has 1 aliphatic heterocycles. The van der Waals surface area contributed by atoms with Crippen LogP contribution in [0.4, 0.5) is 0 Å². The van der Waals surface area contributed by atoms with Crippen LogP contribution < -0.4 is 10.6 Å². The lowest BCUT2D eigenvalue weighted by atomic mass is 9.97. The number of hydrogen-bond acceptors (Lipinski definition) is 2. The van der Waals surface area contributed by atoms with Gasteiger partial charge in [0.1, 0.15) is 0 Å². The lowest BCUT2D eigenvalue weighted by Crippen LogP contribution is -2.28. The Morgan fingerprint density at radius 3 is 3.08 bits per heavy atom. The number of hydrogen-bond donors (Lipinski definition) is 2. The van der Waals surface area contributed by atoms with Crippen molar-refractivity contribution < 1.29 is 4.79 Å². The molecule has 1 aliphatic rings. The molecule has 0 aromatic carbocycles. The van der Waals surface area contributed by atoms with Crippen molar-refractivity contribution in [3.63, 3.8) is 0 Å². The second kappa shape index (κ2) is 6.00. The van der Waals surface area contributed by atoms with Gasteiger partial charge in [0, 0.05) is 6.54 Å². The van der Waals surface area contributed by atoms with Crippen molar-refractivity contribution in [1.82, 2.24) is 10.6 Å². The maximum atomic E-state index is 10.1. The number of amides is 1. The largest absolute Gasteiger partial charge is 0.358 e. The minimum absolute atomic E-state index is 0.683. The first-order chi connectivity index (χ1) is 5.93. The molecule has 1 rings (SSSR count). The SMILES string of the molecule is O=CNCC1CCCCNCC1. The summed E-state index contributed by atoms with van der Waals surface area (Å²) in [4.78, 5) is 10.1. The molecule has 1 unspecified atom stereocenters. The zero-order valence-electron chi connectivity index (χ0n) is 7.51. The first-order valence-electron chi connectivity index (χ1n) is 4.81. The van der Waals surface area contributed by atoms with E-state index in [1.54, 1.807) is 0 Å². The third kappa shape index (κ3) is 3.72. The van der Waals surface area contributed by atoms with E-state index in [0.717, 1.165) is 26.0 Å². The van der Waals surface area contributed by atoms with Crippen molar-refractivity contribution in [1.29, 1.82) is 0 Å². The Kier molecular flexibility index (Phi) is 4.76. The van der Waals surface area contributed by atoms with Crippen LogP contribution in [0, 0.1) is 5.92 Å². The molecule has 1 amide bonds. The summed E-state index contributed by atoms with van der Waals surface area (Å²) in [6, 6.07) is 0. The van der Waals surface area contributed by atoms with Gasteiger partial charge in [0.2, 0.25) is 6.41 Å². The summed E-state index contributed by atoms with van der Waals surface area (Å²) >= 11 is 0. The summed E-state index contributed by atoms with van der Waals surface area (Å²) in [5.74, 6) is 0.683. The maximum Gasteiger partial charge on any atom is 0.207 e. The van der Waals surface area contributed by atoms with Crippen molar-refractivity contribution in [3.05, 3.63) is 0 Å². The van der Waals surface area contributed by atoms with Crippen LogP contribution in [0.2, 0.25) is 0 Å². The van der Waals surface area contributed by atoms with Gasteiger partial charge in [0.05, 0.1) is 0 Å². The molecular weight excluding hydrogens is 152 g/mol. The molecule has 0 aliphatic carbocycles. The normalized spacial score (nSPS) is 25.5. The van der Waals surface area contributed by atoms with E-state index in [1.807, 2.05) is 0 Å². The summed E-state index contributed by atoms with van der Waals surface area (Å²) in [7, 11) is 0. The molecular formula is C9H18N2O. The molecule has 0 saturated carbocycles. The van der Waals surface area contributed by atoms with Crippen LogP contribution >= 0.6 is 0 Å². The maximum absolute atomic E-state index is 10.1. The van der Waals surface area contributed by atoms with Gasteiger partial charge in [0.25, 0.3) is 0 Å². The van der Waals surface area contributed by atoms with Crippen LogP contribution in [-0.2, 0) is 4.79 Å². The molecule has 0 radical (unpaired) electrons. The van der Waals surface area contributed by atoms with Crippen LogP contribution in [0.5, 0.6) is 0 Å². The highest BCUT2D eigenvalue weighted by molar-refractivity contribution is 5.45. The molecule has 1 heterocycles. The molecule has 3 heteroatoms.